The first kappa shape index (κ1) is 12.2. The topological polar surface area (TPSA) is 54.3 Å². The first-order valence-electron chi connectivity index (χ1n) is 6.28. The molecule has 0 aromatic carbocycles. The number of rotatable bonds is 3. The van der Waals surface area contributed by atoms with Gasteiger partial charge in [-0.15, -0.1) is 0 Å². The molecule has 1 aliphatic rings. The number of carbonyl (C=O) groups is 1. The van der Waals surface area contributed by atoms with E-state index in [4.69, 9.17) is 0 Å². The number of carbonyl (C=O) groups excluding carboxylic acids is 1. The van der Waals surface area contributed by atoms with Crippen LogP contribution in [-0.4, -0.2) is 22.6 Å². The lowest BCUT2D eigenvalue weighted by Crippen LogP contribution is -2.19. The molecule has 0 saturated heterocycles. The van der Waals surface area contributed by atoms with Crippen LogP contribution in [0.4, 0.5) is 0 Å². The van der Waals surface area contributed by atoms with Gasteiger partial charge in [-0.1, -0.05) is 6.42 Å². The van der Waals surface area contributed by atoms with Crippen LogP contribution in [0.1, 0.15) is 42.9 Å². The minimum atomic E-state index is -0.325. The summed E-state index contributed by atoms with van der Waals surface area (Å²) in [6.45, 7) is 0.680. The van der Waals surface area contributed by atoms with Gasteiger partial charge in [-0.2, -0.15) is 0 Å². The first-order chi connectivity index (χ1) is 8.20. The Morgan fingerprint density at radius 1 is 1.53 bits per heavy atom. The molecule has 0 aliphatic heterocycles. The maximum absolute atomic E-state index is 11.2. The molecule has 1 aromatic rings. The van der Waals surface area contributed by atoms with Crippen LogP contribution in [-0.2, 0) is 17.8 Å². The van der Waals surface area contributed by atoms with Crippen LogP contribution in [0.5, 0.6) is 0 Å². The highest BCUT2D eigenvalue weighted by Crippen LogP contribution is 2.29. The second-order valence-electron chi connectivity index (χ2n) is 4.66. The second-order valence-corrected chi connectivity index (χ2v) is 4.66. The third-order valence-corrected chi connectivity index (χ3v) is 3.41. The Labute approximate surface area is 102 Å². The highest BCUT2D eigenvalue weighted by molar-refractivity contribution is 5.75. The van der Waals surface area contributed by atoms with E-state index in [0.717, 1.165) is 31.2 Å². The summed E-state index contributed by atoms with van der Waals surface area (Å²) in [5, 5.41) is 12.6. The summed E-state index contributed by atoms with van der Waals surface area (Å²) in [5.74, 6) is 0.0504. The van der Waals surface area contributed by atoms with Crippen LogP contribution in [0, 0.1) is 0 Å². The van der Waals surface area contributed by atoms with Gasteiger partial charge >= 0.3 is 0 Å². The van der Waals surface area contributed by atoms with Gasteiger partial charge in [0.2, 0.25) is 5.91 Å². The molecular formula is C13H20N2O2. The zero-order valence-corrected chi connectivity index (χ0v) is 10.3. The maximum Gasteiger partial charge on any atom is 0.221 e. The largest absolute Gasteiger partial charge is 0.388 e. The quantitative estimate of drug-likeness (QED) is 0.779. The molecule has 1 atom stereocenters. The zero-order chi connectivity index (χ0) is 12.3. The van der Waals surface area contributed by atoms with E-state index >= 15 is 0 Å². The van der Waals surface area contributed by atoms with E-state index in [9.17, 15) is 9.90 Å². The molecule has 0 radical (unpaired) electrons. The lowest BCUT2D eigenvalue weighted by Gasteiger charge is -2.06. The number of hydrogen-bond acceptors (Lipinski definition) is 2. The molecule has 0 saturated carbocycles. The van der Waals surface area contributed by atoms with Crippen molar-refractivity contribution >= 4 is 5.91 Å². The van der Waals surface area contributed by atoms with Gasteiger partial charge in [0, 0.05) is 38.0 Å². The maximum atomic E-state index is 11.2. The van der Waals surface area contributed by atoms with E-state index in [-0.39, 0.29) is 12.0 Å². The number of aliphatic hydroxyl groups excluding tert-OH is 1. The van der Waals surface area contributed by atoms with Crippen molar-refractivity contribution in [1.29, 1.82) is 0 Å². The molecule has 17 heavy (non-hydrogen) atoms. The standard InChI is InChI=1S/C13H20N2O2/c1-14-13(17)6-7-15-8-10-4-2-3-5-12(16)11(10)9-15/h8-9,12,16H,2-7H2,1H3,(H,14,17). The van der Waals surface area contributed by atoms with E-state index in [1.54, 1.807) is 7.05 Å². The number of hydrogen-bond donors (Lipinski definition) is 2. The van der Waals surface area contributed by atoms with Crippen molar-refractivity contribution < 1.29 is 9.90 Å². The number of aliphatic hydroxyl groups is 1. The van der Waals surface area contributed by atoms with Gasteiger partial charge in [0.15, 0.2) is 0 Å². The summed E-state index contributed by atoms with van der Waals surface area (Å²) in [6, 6.07) is 0. The number of nitrogens with zero attached hydrogens (tertiary/aromatic N) is 1. The normalized spacial score (nSPS) is 19.5. The van der Waals surface area contributed by atoms with E-state index in [1.165, 1.54) is 5.56 Å². The molecule has 0 spiro atoms. The van der Waals surface area contributed by atoms with Crippen molar-refractivity contribution in [2.24, 2.45) is 0 Å². The Bertz CT molecular complexity index is 398. The van der Waals surface area contributed by atoms with Gasteiger partial charge in [0.05, 0.1) is 6.10 Å². The molecule has 2 rings (SSSR count). The highest BCUT2D eigenvalue weighted by atomic mass is 16.3. The summed E-state index contributed by atoms with van der Waals surface area (Å²) < 4.78 is 2.02. The van der Waals surface area contributed by atoms with Crippen LogP contribution in [0.3, 0.4) is 0 Å². The lowest BCUT2D eigenvalue weighted by atomic mass is 10.1. The number of amides is 1. The Hall–Kier alpha value is -1.29. The van der Waals surface area contributed by atoms with Crippen molar-refractivity contribution in [2.45, 2.75) is 44.8 Å². The van der Waals surface area contributed by atoms with Crippen molar-refractivity contribution in [1.82, 2.24) is 9.88 Å². The first-order valence-corrected chi connectivity index (χ1v) is 6.28. The van der Waals surface area contributed by atoms with Crippen LogP contribution >= 0.6 is 0 Å². The van der Waals surface area contributed by atoms with E-state index in [1.807, 2.05) is 10.8 Å². The second kappa shape index (κ2) is 5.36. The fraction of sp³-hybridized carbons (Fsp3) is 0.615. The van der Waals surface area contributed by atoms with Gasteiger partial charge in [-0.05, 0) is 24.8 Å². The summed E-state index contributed by atoms with van der Waals surface area (Å²) in [6.07, 6.45) is 8.36. The van der Waals surface area contributed by atoms with Crippen LogP contribution < -0.4 is 5.32 Å². The molecule has 94 valence electrons. The molecule has 1 unspecified atom stereocenters. The highest BCUT2D eigenvalue weighted by Gasteiger charge is 2.18. The number of nitrogens with one attached hydrogen (secondary N) is 1. The monoisotopic (exact) mass is 236 g/mol. The van der Waals surface area contributed by atoms with Gasteiger partial charge in [-0.25, -0.2) is 0 Å². The van der Waals surface area contributed by atoms with E-state index < -0.39 is 0 Å². The van der Waals surface area contributed by atoms with Crippen molar-refractivity contribution in [3.05, 3.63) is 23.5 Å². The SMILES string of the molecule is CNC(=O)CCn1cc2c(c1)C(O)CCCC2. The Morgan fingerprint density at radius 2 is 2.35 bits per heavy atom. The molecule has 1 aliphatic carbocycles. The number of aryl methyl sites for hydroxylation is 2. The van der Waals surface area contributed by atoms with Crippen molar-refractivity contribution in [2.75, 3.05) is 7.05 Å². The minimum absolute atomic E-state index is 0.0504. The van der Waals surface area contributed by atoms with Gasteiger partial charge in [0.1, 0.15) is 0 Å². The summed E-state index contributed by atoms with van der Waals surface area (Å²) in [7, 11) is 1.65. The Morgan fingerprint density at radius 3 is 3.12 bits per heavy atom. The van der Waals surface area contributed by atoms with E-state index in [2.05, 4.69) is 11.5 Å². The molecule has 2 N–H and O–H groups in total. The van der Waals surface area contributed by atoms with Crippen LogP contribution in [0.15, 0.2) is 12.4 Å². The predicted molar refractivity (Wildman–Crippen MR) is 65.6 cm³/mol. The smallest absolute Gasteiger partial charge is 0.221 e. The lowest BCUT2D eigenvalue weighted by molar-refractivity contribution is -0.120. The average molecular weight is 236 g/mol. The third-order valence-electron chi connectivity index (χ3n) is 3.41. The summed E-state index contributed by atoms with van der Waals surface area (Å²) >= 11 is 0. The predicted octanol–water partition coefficient (Wildman–Crippen LogP) is 1.38. The van der Waals surface area contributed by atoms with Crippen molar-refractivity contribution in [3.8, 4) is 0 Å². The number of aromatic nitrogens is 1. The summed E-state index contributed by atoms with van der Waals surface area (Å²) in [5.41, 5.74) is 2.30. The zero-order valence-electron chi connectivity index (χ0n) is 10.3. The third kappa shape index (κ3) is 2.88. The molecule has 0 fully saturated rings. The molecule has 0 bridgehead atoms. The molecular weight excluding hydrogens is 216 g/mol. The Balaban J connectivity index is 2.06. The average Bonchev–Trinajstić information content (AvgIpc) is 2.67. The van der Waals surface area contributed by atoms with Crippen LogP contribution in [0.2, 0.25) is 0 Å². The molecule has 1 amide bonds. The van der Waals surface area contributed by atoms with Crippen molar-refractivity contribution in [3.63, 3.8) is 0 Å². The van der Waals surface area contributed by atoms with E-state index in [0.29, 0.717) is 13.0 Å². The summed E-state index contributed by atoms with van der Waals surface area (Å²) in [4.78, 5) is 11.2. The fourth-order valence-electron chi connectivity index (χ4n) is 2.38. The molecule has 4 nitrogen and oxygen atoms in total. The van der Waals surface area contributed by atoms with Crippen LogP contribution in [0.25, 0.3) is 0 Å². The number of fused-ring (bicyclic) bond motifs is 1. The Kier molecular flexibility index (Phi) is 3.84. The van der Waals surface area contributed by atoms with Gasteiger partial charge in [0.25, 0.3) is 0 Å². The fourth-order valence-corrected chi connectivity index (χ4v) is 2.38. The molecule has 1 aromatic heterocycles. The van der Waals surface area contributed by atoms with Gasteiger partial charge in [-0.3, -0.25) is 4.79 Å². The molecule has 4 heteroatoms. The van der Waals surface area contributed by atoms with Gasteiger partial charge < -0.3 is 15.0 Å². The minimum Gasteiger partial charge on any atom is -0.388 e. The molecule has 1 heterocycles.